The molecule has 0 aromatic rings. The Kier molecular flexibility index (Phi) is 2.31. The number of hydrogen-bond donors (Lipinski definition) is 3. The minimum atomic E-state index is -1.48. The van der Waals surface area contributed by atoms with Gasteiger partial charge in [-0.15, -0.1) is 0 Å². The van der Waals surface area contributed by atoms with Crippen molar-refractivity contribution in [1.82, 2.24) is 0 Å². The Bertz CT molecular complexity index is 234. The number of carbonyl (C=O) groups is 1. The lowest BCUT2D eigenvalue weighted by atomic mass is 10.00. The van der Waals surface area contributed by atoms with Crippen LogP contribution in [-0.4, -0.2) is 58.8 Å². The first-order valence-corrected chi connectivity index (χ1v) is 4.13. The maximum atomic E-state index is 10.7. The Hall–Kier alpha value is -0.890. The number of fused-ring (bicyclic) bond motifs is 1. The molecule has 0 aromatic heterocycles. The molecule has 80 valence electrons. The molecule has 0 amide bonds. The number of ether oxygens (including phenoxy) is 3. The minimum absolute atomic E-state index is 0.429. The molecule has 0 radical (unpaired) electrons. The number of rotatable bonds is 1. The van der Waals surface area contributed by atoms with E-state index < -0.39 is 43.5 Å². The first-order chi connectivity index (χ1) is 6.63. The van der Waals surface area contributed by atoms with Crippen LogP contribution in [-0.2, 0) is 14.2 Å². The van der Waals surface area contributed by atoms with Crippen molar-refractivity contribution in [3.63, 3.8) is 0 Å². The fourth-order valence-electron chi connectivity index (χ4n) is 1.58. The average molecular weight is 206 g/mol. The van der Waals surface area contributed by atoms with Crippen molar-refractivity contribution < 1.29 is 34.3 Å². The van der Waals surface area contributed by atoms with Gasteiger partial charge in [-0.25, -0.2) is 4.79 Å². The van der Waals surface area contributed by atoms with Gasteiger partial charge in [0.15, 0.2) is 18.5 Å². The second-order valence-corrected chi connectivity index (χ2v) is 3.15. The highest BCUT2D eigenvalue weighted by Crippen LogP contribution is 2.29. The number of carbonyl (C=O) groups excluding carboxylic acids is 1. The van der Waals surface area contributed by atoms with Gasteiger partial charge in [-0.05, 0) is 0 Å². The van der Waals surface area contributed by atoms with E-state index in [4.69, 9.17) is 9.84 Å². The van der Waals surface area contributed by atoms with E-state index in [1.165, 1.54) is 0 Å². The van der Waals surface area contributed by atoms with Crippen molar-refractivity contribution in [3.8, 4) is 0 Å². The summed E-state index contributed by atoms with van der Waals surface area (Å²) in [7, 11) is 0. The molecule has 2 rings (SSSR count). The second-order valence-electron chi connectivity index (χ2n) is 3.15. The third kappa shape index (κ3) is 1.34. The zero-order valence-electron chi connectivity index (χ0n) is 7.07. The van der Waals surface area contributed by atoms with Gasteiger partial charge in [-0.3, -0.25) is 0 Å². The van der Waals surface area contributed by atoms with Crippen molar-refractivity contribution in [2.75, 3.05) is 6.61 Å². The molecule has 2 aliphatic heterocycles. The van der Waals surface area contributed by atoms with Crippen LogP contribution in [0.2, 0.25) is 0 Å². The van der Waals surface area contributed by atoms with Gasteiger partial charge < -0.3 is 29.5 Å². The predicted octanol–water partition coefficient (Wildman–Crippen LogP) is -2.04. The minimum Gasteiger partial charge on any atom is -0.424 e. The SMILES string of the molecule is O=C1O[C@@H]2[C@@H](O)[C@H](O)OC(CO)[C@@H]2O1. The maximum absolute atomic E-state index is 10.7. The van der Waals surface area contributed by atoms with Crippen molar-refractivity contribution >= 4 is 6.16 Å². The van der Waals surface area contributed by atoms with E-state index >= 15 is 0 Å². The molecule has 2 fully saturated rings. The molecule has 3 N–H and O–H groups in total. The third-order valence-electron chi connectivity index (χ3n) is 2.28. The number of aliphatic hydroxyl groups is 3. The third-order valence-corrected chi connectivity index (χ3v) is 2.28. The fourth-order valence-corrected chi connectivity index (χ4v) is 1.58. The Morgan fingerprint density at radius 3 is 2.50 bits per heavy atom. The predicted molar refractivity (Wildman–Crippen MR) is 39.1 cm³/mol. The Morgan fingerprint density at radius 2 is 1.86 bits per heavy atom. The molecule has 0 bridgehead atoms. The summed E-state index contributed by atoms with van der Waals surface area (Å²) in [6.07, 6.45) is -6.49. The quantitative estimate of drug-likeness (QED) is 0.424. The van der Waals surface area contributed by atoms with Gasteiger partial charge in [0.05, 0.1) is 6.61 Å². The van der Waals surface area contributed by atoms with Gasteiger partial charge in [-0.1, -0.05) is 0 Å². The number of aliphatic hydroxyl groups excluding tert-OH is 3. The monoisotopic (exact) mass is 206 g/mol. The lowest BCUT2D eigenvalue weighted by molar-refractivity contribution is -0.264. The maximum Gasteiger partial charge on any atom is 0.509 e. The van der Waals surface area contributed by atoms with Gasteiger partial charge in [0.2, 0.25) is 0 Å². The van der Waals surface area contributed by atoms with E-state index in [0.717, 1.165) is 0 Å². The molecule has 2 aliphatic rings. The molecule has 0 saturated carbocycles. The van der Waals surface area contributed by atoms with Gasteiger partial charge in [0.25, 0.3) is 0 Å². The van der Waals surface area contributed by atoms with Crippen LogP contribution >= 0.6 is 0 Å². The molecule has 1 unspecified atom stereocenters. The van der Waals surface area contributed by atoms with Crippen molar-refractivity contribution in [2.45, 2.75) is 30.7 Å². The second kappa shape index (κ2) is 3.35. The molecular formula is C7H10O7. The van der Waals surface area contributed by atoms with Crippen LogP contribution in [0, 0.1) is 0 Å². The summed E-state index contributed by atoms with van der Waals surface area (Å²) < 4.78 is 14.1. The molecule has 7 heteroatoms. The Balaban J connectivity index is 2.17. The Labute approximate surface area is 78.8 Å². The van der Waals surface area contributed by atoms with E-state index in [1.54, 1.807) is 0 Å². The highest BCUT2D eigenvalue weighted by Gasteiger charge is 2.53. The fraction of sp³-hybridized carbons (Fsp3) is 0.857. The normalized spacial score (nSPS) is 46.8. The molecule has 14 heavy (non-hydrogen) atoms. The highest BCUT2D eigenvalue weighted by atomic mass is 16.8. The molecule has 2 saturated heterocycles. The van der Waals surface area contributed by atoms with E-state index in [1.807, 2.05) is 0 Å². The summed E-state index contributed by atoms with van der Waals surface area (Å²) in [5.74, 6) is 0. The molecule has 0 aliphatic carbocycles. The van der Waals surface area contributed by atoms with Crippen LogP contribution in [0.1, 0.15) is 0 Å². The Morgan fingerprint density at radius 1 is 1.21 bits per heavy atom. The van der Waals surface area contributed by atoms with Crippen molar-refractivity contribution in [2.24, 2.45) is 0 Å². The standard InChI is InChI=1S/C7H10O7/c8-1-2-4-5(14-7(11)13-4)3(9)6(10)12-2/h2-6,8-10H,1H2/t2?,3-,4+,5-,6-/m1/s1. The summed E-state index contributed by atoms with van der Waals surface area (Å²) >= 11 is 0. The molecule has 7 nitrogen and oxygen atoms in total. The van der Waals surface area contributed by atoms with E-state index in [2.05, 4.69) is 9.47 Å². The smallest absolute Gasteiger partial charge is 0.424 e. The van der Waals surface area contributed by atoms with Crippen molar-refractivity contribution in [1.29, 1.82) is 0 Å². The van der Waals surface area contributed by atoms with Crippen molar-refractivity contribution in [3.05, 3.63) is 0 Å². The number of hydrogen-bond acceptors (Lipinski definition) is 7. The van der Waals surface area contributed by atoms with Gasteiger partial charge in [0, 0.05) is 0 Å². The summed E-state index contributed by atoms with van der Waals surface area (Å²) in [6, 6.07) is 0. The zero-order chi connectivity index (χ0) is 10.3. The summed E-state index contributed by atoms with van der Waals surface area (Å²) in [5.41, 5.74) is 0. The van der Waals surface area contributed by atoms with Gasteiger partial charge in [0.1, 0.15) is 12.2 Å². The molecule has 5 atom stereocenters. The molecule has 0 aromatic carbocycles. The van der Waals surface area contributed by atoms with Crippen LogP contribution in [0.4, 0.5) is 4.79 Å². The lowest BCUT2D eigenvalue weighted by Gasteiger charge is -2.35. The van der Waals surface area contributed by atoms with Crippen LogP contribution < -0.4 is 0 Å². The van der Waals surface area contributed by atoms with Gasteiger partial charge >= 0.3 is 6.16 Å². The van der Waals surface area contributed by atoms with Crippen LogP contribution in [0.15, 0.2) is 0 Å². The van der Waals surface area contributed by atoms with Crippen LogP contribution in [0.5, 0.6) is 0 Å². The van der Waals surface area contributed by atoms with Gasteiger partial charge in [-0.2, -0.15) is 0 Å². The summed E-state index contributed by atoms with van der Waals surface area (Å²) in [6.45, 7) is -0.429. The lowest BCUT2D eigenvalue weighted by Crippen LogP contribution is -2.57. The molecule has 2 heterocycles. The van der Waals surface area contributed by atoms with E-state index in [0.29, 0.717) is 0 Å². The van der Waals surface area contributed by atoms with E-state index in [9.17, 15) is 15.0 Å². The molecular weight excluding hydrogens is 196 g/mol. The highest BCUT2D eigenvalue weighted by molar-refractivity contribution is 5.63. The first kappa shape index (κ1) is 9.66. The topological polar surface area (TPSA) is 105 Å². The largest absolute Gasteiger partial charge is 0.509 e. The first-order valence-electron chi connectivity index (χ1n) is 4.13. The van der Waals surface area contributed by atoms with E-state index in [-0.39, 0.29) is 0 Å². The average Bonchev–Trinajstić information content (AvgIpc) is 2.54. The summed E-state index contributed by atoms with van der Waals surface area (Å²) in [4.78, 5) is 10.7. The molecule has 0 spiro atoms. The van der Waals surface area contributed by atoms with Crippen LogP contribution in [0.3, 0.4) is 0 Å². The zero-order valence-corrected chi connectivity index (χ0v) is 7.07. The van der Waals surface area contributed by atoms with Crippen LogP contribution in [0.25, 0.3) is 0 Å². The summed E-state index contributed by atoms with van der Waals surface area (Å²) in [5, 5.41) is 27.4.